The van der Waals surface area contributed by atoms with Crippen molar-refractivity contribution >= 4 is 11.8 Å². The van der Waals surface area contributed by atoms with Crippen LogP contribution in [0.15, 0.2) is 77.3 Å². The summed E-state index contributed by atoms with van der Waals surface area (Å²) in [4.78, 5) is 27.7. The predicted octanol–water partition coefficient (Wildman–Crippen LogP) is 3.89. The zero-order chi connectivity index (χ0) is 24.8. The van der Waals surface area contributed by atoms with E-state index in [-0.39, 0.29) is 17.9 Å². The van der Waals surface area contributed by atoms with Gasteiger partial charge < -0.3 is 19.2 Å². The van der Waals surface area contributed by atoms with Gasteiger partial charge in [-0.25, -0.2) is 0 Å². The molecule has 0 saturated carbocycles. The van der Waals surface area contributed by atoms with E-state index >= 15 is 0 Å². The van der Waals surface area contributed by atoms with Gasteiger partial charge in [0.15, 0.2) is 0 Å². The minimum Gasteiger partial charge on any atom is -0.421 e. The first-order valence-corrected chi connectivity index (χ1v) is 11.5. The Balaban J connectivity index is 1.49. The van der Waals surface area contributed by atoms with Crippen molar-refractivity contribution < 1.29 is 14.0 Å². The molecule has 4 rings (SSSR count). The lowest BCUT2D eigenvalue weighted by atomic mass is 10.0. The Bertz CT molecular complexity index is 1290. The molecule has 2 aromatic carbocycles. The molecule has 180 valence electrons. The van der Waals surface area contributed by atoms with E-state index in [1.54, 1.807) is 41.6 Å². The molecule has 1 unspecified atom stereocenters. The number of nitrogens with one attached hydrogen (secondary N) is 1. The lowest BCUT2D eigenvalue weighted by molar-refractivity contribution is 0.0723. The quantitative estimate of drug-likeness (QED) is 0.400. The summed E-state index contributed by atoms with van der Waals surface area (Å²) in [6, 6.07) is 20.7. The molecule has 0 spiro atoms. The van der Waals surface area contributed by atoms with Crippen LogP contribution >= 0.6 is 0 Å². The molecule has 2 amide bonds. The predicted molar refractivity (Wildman–Crippen MR) is 133 cm³/mol. The van der Waals surface area contributed by atoms with Gasteiger partial charge in [-0.05, 0) is 48.7 Å². The van der Waals surface area contributed by atoms with Crippen LogP contribution in [0.4, 0.5) is 0 Å². The maximum Gasteiger partial charge on any atom is 0.267 e. The second kappa shape index (κ2) is 10.8. The molecule has 35 heavy (non-hydrogen) atoms. The van der Waals surface area contributed by atoms with Crippen LogP contribution in [-0.2, 0) is 13.5 Å². The van der Waals surface area contributed by atoms with E-state index in [9.17, 15) is 9.59 Å². The summed E-state index contributed by atoms with van der Waals surface area (Å²) in [7, 11) is 3.64. The molecule has 8 heteroatoms. The monoisotopic (exact) mass is 471 g/mol. The maximum atomic E-state index is 13.5. The maximum absolute atomic E-state index is 13.5. The van der Waals surface area contributed by atoms with Gasteiger partial charge in [-0.3, -0.25) is 9.59 Å². The first kappa shape index (κ1) is 23.9. The summed E-state index contributed by atoms with van der Waals surface area (Å²) >= 11 is 0. The molecule has 8 nitrogen and oxygen atoms in total. The van der Waals surface area contributed by atoms with Gasteiger partial charge in [-0.15, -0.1) is 10.2 Å². The van der Waals surface area contributed by atoms with E-state index < -0.39 is 0 Å². The molecular weight excluding hydrogens is 442 g/mol. The van der Waals surface area contributed by atoms with Gasteiger partial charge in [0, 0.05) is 50.9 Å². The fraction of sp³-hybridized carbons (Fsp3) is 0.259. The minimum absolute atomic E-state index is 0.113. The zero-order valence-electron chi connectivity index (χ0n) is 20.1. The van der Waals surface area contributed by atoms with Gasteiger partial charge in [0.1, 0.15) is 5.69 Å². The van der Waals surface area contributed by atoms with Gasteiger partial charge >= 0.3 is 0 Å². The number of carbonyl (C=O) groups is 2. The third-order valence-corrected chi connectivity index (χ3v) is 6.00. The average Bonchev–Trinajstić information content (AvgIpc) is 3.51. The fourth-order valence-corrected chi connectivity index (χ4v) is 4.03. The number of rotatable bonds is 9. The lowest BCUT2D eigenvalue weighted by Crippen LogP contribution is -2.41. The molecule has 0 bridgehead atoms. The van der Waals surface area contributed by atoms with E-state index in [2.05, 4.69) is 15.5 Å². The van der Waals surface area contributed by atoms with Crippen molar-refractivity contribution in [2.75, 3.05) is 13.6 Å². The van der Waals surface area contributed by atoms with Crippen LogP contribution in [0.1, 0.15) is 38.7 Å². The highest BCUT2D eigenvalue weighted by molar-refractivity contribution is 5.95. The summed E-state index contributed by atoms with van der Waals surface area (Å²) in [6.45, 7) is 2.17. The molecule has 1 atom stereocenters. The minimum atomic E-state index is -0.132. The summed E-state index contributed by atoms with van der Waals surface area (Å²) in [6.07, 6.45) is 3.12. The third-order valence-electron chi connectivity index (χ3n) is 6.00. The van der Waals surface area contributed by atoms with Crippen LogP contribution in [0.25, 0.3) is 11.5 Å². The van der Waals surface area contributed by atoms with Crippen molar-refractivity contribution in [3.63, 3.8) is 0 Å². The number of hydrogen-bond acceptors (Lipinski definition) is 5. The number of hydrogen-bond donors (Lipinski definition) is 1. The highest BCUT2D eigenvalue weighted by atomic mass is 16.4. The lowest BCUT2D eigenvalue weighted by Gasteiger charge is -2.29. The average molecular weight is 472 g/mol. The van der Waals surface area contributed by atoms with E-state index in [0.29, 0.717) is 48.0 Å². The molecule has 2 aromatic heterocycles. The number of carbonyl (C=O) groups excluding carboxylic acids is 2. The van der Waals surface area contributed by atoms with Gasteiger partial charge in [-0.2, -0.15) is 0 Å². The molecule has 0 aliphatic carbocycles. The van der Waals surface area contributed by atoms with Crippen molar-refractivity contribution in [1.82, 2.24) is 25.0 Å². The number of nitrogens with zero attached hydrogens (tertiary/aromatic N) is 4. The third kappa shape index (κ3) is 5.84. The van der Waals surface area contributed by atoms with E-state index in [4.69, 9.17) is 4.42 Å². The topological polar surface area (TPSA) is 93.3 Å². The van der Waals surface area contributed by atoms with Gasteiger partial charge in [-0.1, -0.05) is 36.4 Å². The standard InChI is InChI=1S/C27H29N5O3/c1-19-29-30-26(35-19)21-11-7-12-22(18-21)27(34)32(3)23(17-20-9-5-4-6-10-20)14-15-28-25(33)24-13-8-16-31(24)2/h4-13,16,18,23H,14-15,17H2,1-3H3,(H,28,33). The number of aryl methyl sites for hydroxylation is 2. The Kier molecular flexibility index (Phi) is 7.40. The molecule has 1 N–H and O–H groups in total. The highest BCUT2D eigenvalue weighted by Crippen LogP contribution is 2.21. The largest absolute Gasteiger partial charge is 0.421 e. The summed E-state index contributed by atoms with van der Waals surface area (Å²) in [5.74, 6) is 0.600. The van der Waals surface area contributed by atoms with Crippen LogP contribution < -0.4 is 5.32 Å². The Morgan fingerprint density at radius 3 is 2.54 bits per heavy atom. The molecule has 4 aromatic rings. The van der Waals surface area contributed by atoms with Gasteiger partial charge in [0.25, 0.3) is 11.8 Å². The number of likely N-dealkylation sites (N-methyl/N-ethyl adjacent to an activating group) is 1. The van der Waals surface area contributed by atoms with Crippen molar-refractivity contribution in [1.29, 1.82) is 0 Å². The molecule has 0 radical (unpaired) electrons. The summed E-state index contributed by atoms with van der Waals surface area (Å²) in [5, 5.41) is 10.9. The Morgan fingerprint density at radius 1 is 1.06 bits per heavy atom. The SMILES string of the molecule is Cc1nnc(-c2cccc(C(=O)N(C)C(CCNC(=O)c3cccn3C)Cc3ccccc3)c2)o1. The van der Waals surface area contributed by atoms with E-state index in [0.717, 1.165) is 5.56 Å². The number of amides is 2. The van der Waals surface area contributed by atoms with Crippen molar-refractivity contribution in [3.05, 3.63) is 95.6 Å². The van der Waals surface area contributed by atoms with E-state index in [1.807, 2.05) is 61.8 Å². The van der Waals surface area contributed by atoms with Crippen LogP contribution in [-0.4, -0.2) is 51.1 Å². The number of aromatic nitrogens is 3. The van der Waals surface area contributed by atoms with Gasteiger partial charge in [0.05, 0.1) is 0 Å². The Morgan fingerprint density at radius 2 is 1.86 bits per heavy atom. The highest BCUT2D eigenvalue weighted by Gasteiger charge is 2.23. The van der Waals surface area contributed by atoms with Crippen LogP contribution in [0.3, 0.4) is 0 Å². The number of benzene rings is 2. The first-order valence-electron chi connectivity index (χ1n) is 11.5. The van der Waals surface area contributed by atoms with Gasteiger partial charge in [0.2, 0.25) is 11.8 Å². The normalized spacial score (nSPS) is 11.7. The van der Waals surface area contributed by atoms with Crippen LogP contribution in [0.5, 0.6) is 0 Å². The summed E-state index contributed by atoms with van der Waals surface area (Å²) < 4.78 is 7.30. The smallest absolute Gasteiger partial charge is 0.267 e. The second-order valence-electron chi connectivity index (χ2n) is 8.52. The first-order chi connectivity index (χ1) is 16.9. The molecule has 0 aliphatic rings. The molecule has 2 heterocycles. The van der Waals surface area contributed by atoms with E-state index in [1.165, 1.54) is 0 Å². The molecule has 0 aliphatic heterocycles. The molecule has 0 fully saturated rings. The Hall–Kier alpha value is -4.20. The van der Waals surface area contributed by atoms with Crippen molar-refractivity contribution in [2.45, 2.75) is 25.8 Å². The molecule has 0 saturated heterocycles. The van der Waals surface area contributed by atoms with Crippen molar-refractivity contribution in [3.8, 4) is 11.5 Å². The fourth-order valence-electron chi connectivity index (χ4n) is 4.03. The summed E-state index contributed by atoms with van der Waals surface area (Å²) in [5.41, 5.74) is 2.95. The van der Waals surface area contributed by atoms with Crippen LogP contribution in [0, 0.1) is 6.92 Å². The Labute approximate surface area is 204 Å². The van der Waals surface area contributed by atoms with Crippen LogP contribution in [0.2, 0.25) is 0 Å². The zero-order valence-corrected chi connectivity index (χ0v) is 20.1. The second-order valence-corrected chi connectivity index (χ2v) is 8.52. The molecular formula is C27H29N5O3. The van der Waals surface area contributed by atoms with Crippen molar-refractivity contribution in [2.24, 2.45) is 7.05 Å².